The zero-order valence-electron chi connectivity index (χ0n) is 7.39. The molecule has 3 aliphatic rings. The Hall–Kier alpha value is 0.0249. The molecule has 0 saturated carbocycles. The van der Waals surface area contributed by atoms with Crippen molar-refractivity contribution in [1.82, 2.24) is 0 Å². The van der Waals surface area contributed by atoms with Gasteiger partial charge in [0, 0.05) is 19.6 Å². The van der Waals surface area contributed by atoms with Crippen LogP contribution in [0.25, 0.3) is 0 Å². The van der Waals surface area contributed by atoms with Crippen LogP contribution >= 0.6 is 0 Å². The molecule has 0 aromatic heterocycles. The van der Waals surface area contributed by atoms with Gasteiger partial charge in [-0.1, -0.05) is 0 Å². The van der Waals surface area contributed by atoms with Crippen molar-refractivity contribution in [3.63, 3.8) is 0 Å². The predicted octanol–water partition coefficient (Wildman–Crippen LogP) is 1.96. The molecule has 0 aliphatic carbocycles. The van der Waals surface area contributed by atoms with Crippen molar-refractivity contribution in [2.24, 2.45) is 0 Å². The van der Waals surface area contributed by atoms with Crippen molar-refractivity contribution < 1.29 is 4.39 Å². The Balaban J connectivity index is 2.06. The van der Waals surface area contributed by atoms with E-state index in [0.29, 0.717) is 0 Å². The summed E-state index contributed by atoms with van der Waals surface area (Å²) in [6.45, 7) is 4.67. The highest BCUT2D eigenvalue weighted by atomic mass is 15.3. The summed E-state index contributed by atoms with van der Waals surface area (Å²) >= 11 is 0. The van der Waals surface area contributed by atoms with Gasteiger partial charge in [-0.3, -0.25) is 0 Å². The second-order valence-electron chi connectivity index (χ2n) is 5.23. The molecule has 3 heterocycles. The van der Waals surface area contributed by atoms with Crippen LogP contribution in [0.15, 0.2) is 0 Å². The zero-order valence-corrected chi connectivity index (χ0v) is 7.39. The van der Waals surface area contributed by atoms with E-state index in [0.717, 1.165) is 0 Å². The molecule has 62 valence electrons. The first-order chi connectivity index (χ1) is 5.37. The summed E-state index contributed by atoms with van der Waals surface area (Å²) in [5.41, 5.74) is 0. The maximum Gasteiger partial charge on any atom is 0.210 e. The first-order valence-corrected chi connectivity index (χ1v) is 5.43. The van der Waals surface area contributed by atoms with Crippen LogP contribution in [0.3, 0.4) is 0 Å². The lowest BCUT2D eigenvalue weighted by atomic mass is 9.31. The van der Waals surface area contributed by atoms with Crippen molar-refractivity contribution in [2.75, 3.05) is 19.6 Å². The van der Waals surface area contributed by atoms with E-state index < -0.39 is 0 Å². The average molecular weight is 151 g/mol. The predicted molar refractivity (Wildman–Crippen MR) is 48.9 cm³/mol. The van der Waals surface area contributed by atoms with Crippen LogP contribution in [0.2, 0.25) is 19.0 Å². The highest BCUT2D eigenvalue weighted by Crippen LogP contribution is 2.50. The lowest BCUT2D eigenvalue weighted by Gasteiger charge is -2.46. The van der Waals surface area contributed by atoms with Gasteiger partial charge in [-0.15, -0.1) is 19.0 Å². The molecule has 0 bridgehead atoms. The highest BCUT2D eigenvalue weighted by Gasteiger charge is 2.55. The molecule has 0 aromatic rings. The molecule has 0 amide bonds. The quantitative estimate of drug-likeness (QED) is 0.464. The fraction of sp³-hybridized carbons (Fsp3) is 1.00. The fourth-order valence-corrected chi connectivity index (χ4v) is 4.77. The van der Waals surface area contributed by atoms with Crippen LogP contribution < -0.4 is 0 Å². The van der Waals surface area contributed by atoms with Gasteiger partial charge in [-0.05, 0) is 19.3 Å². The number of rotatable bonds is 0. The van der Waals surface area contributed by atoms with E-state index in [9.17, 15) is 0 Å². The molecule has 0 N–H and O–H groups in total. The zero-order chi connectivity index (χ0) is 7.36. The molecule has 3 fully saturated rings. The van der Waals surface area contributed by atoms with Gasteiger partial charge in [0.1, 0.15) is 0 Å². The third-order valence-corrected chi connectivity index (χ3v) is 5.20. The molecule has 0 atom stereocenters. The topological polar surface area (TPSA) is 0 Å². The standard InChI is InChI=1S/C9H18BN/c1-4-10-5-2-8-11(10,7-1)9-3-6-10/h1-9H2. The van der Waals surface area contributed by atoms with Gasteiger partial charge < -0.3 is 4.39 Å². The maximum atomic E-state index is 1.62. The van der Waals surface area contributed by atoms with Crippen LogP contribution in [0.5, 0.6) is 0 Å². The maximum absolute atomic E-state index is 1.62. The molecule has 0 radical (unpaired) electrons. The number of quaternary nitrogens is 1. The van der Waals surface area contributed by atoms with Crippen LogP contribution in [0.1, 0.15) is 19.3 Å². The summed E-state index contributed by atoms with van der Waals surface area (Å²) in [5, 5.41) is 0. The summed E-state index contributed by atoms with van der Waals surface area (Å²) in [5.74, 6) is 0. The fourth-order valence-electron chi connectivity index (χ4n) is 4.77. The number of hydrogen-bond donors (Lipinski definition) is 0. The molecule has 11 heavy (non-hydrogen) atoms. The van der Waals surface area contributed by atoms with Crippen LogP contribution in [0, 0.1) is 0 Å². The Bertz CT molecular complexity index is 143. The molecular weight excluding hydrogens is 133 g/mol. The molecule has 0 unspecified atom stereocenters. The molecule has 3 saturated heterocycles. The smallest absolute Gasteiger partial charge is 0.210 e. The lowest BCUT2D eigenvalue weighted by Crippen LogP contribution is -2.55. The van der Waals surface area contributed by atoms with Gasteiger partial charge in [0.25, 0.3) is 0 Å². The first kappa shape index (κ1) is 6.53. The van der Waals surface area contributed by atoms with E-state index >= 15 is 0 Å². The average Bonchev–Trinajstić information content (AvgIpc) is 2.40. The third kappa shape index (κ3) is 0.592. The van der Waals surface area contributed by atoms with E-state index in [1.807, 2.05) is 0 Å². The van der Waals surface area contributed by atoms with Gasteiger partial charge in [-0.25, -0.2) is 0 Å². The Kier molecular flexibility index (Phi) is 1.10. The van der Waals surface area contributed by atoms with Gasteiger partial charge in [0.15, 0.2) is 0 Å². The summed E-state index contributed by atoms with van der Waals surface area (Å²) < 4.78 is 1.62. The molecule has 3 rings (SSSR count). The molecule has 2 heteroatoms. The van der Waals surface area contributed by atoms with Gasteiger partial charge >= 0.3 is 0 Å². The Morgan fingerprint density at radius 3 is 1.55 bits per heavy atom. The minimum absolute atomic E-state index is 0.167. The highest BCUT2D eigenvalue weighted by molar-refractivity contribution is 6.74. The summed E-state index contributed by atoms with van der Waals surface area (Å²) in [4.78, 5) is 0. The molecule has 1 nitrogen and oxygen atoms in total. The Morgan fingerprint density at radius 2 is 1.18 bits per heavy atom. The second-order valence-corrected chi connectivity index (χ2v) is 5.23. The minimum Gasteiger partial charge on any atom is -0.515 e. The largest absolute Gasteiger partial charge is 0.515 e. The van der Waals surface area contributed by atoms with E-state index in [4.69, 9.17) is 0 Å². The van der Waals surface area contributed by atoms with E-state index in [1.165, 1.54) is 0 Å². The molecule has 0 aromatic carbocycles. The first-order valence-electron chi connectivity index (χ1n) is 5.43. The molecular formula is C9H18BN. The second kappa shape index (κ2) is 1.85. The van der Waals surface area contributed by atoms with Gasteiger partial charge in [0.05, 0.1) is 0 Å². The monoisotopic (exact) mass is 151 g/mol. The summed E-state index contributed by atoms with van der Waals surface area (Å²) in [7, 11) is 0. The minimum atomic E-state index is 0.167. The van der Waals surface area contributed by atoms with Crippen molar-refractivity contribution in [1.29, 1.82) is 0 Å². The number of hydrogen-bond acceptors (Lipinski definition) is 0. The van der Waals surface area contributed by atoms with E-state index in [-0.39, 0.29) is 6.28 Å². The van der Waals surface area contributed by atoms with Crippen molar-refractivity contribution in [3.8, 4) is 0 Å². The van der Waals surface area contributed by atoms with Crippen molar-refractivity contribution in [3.05, 3.63) is 0 Å². The van der Waals surface area contributed by atoms with Crippen LogP contribution in [-0.4, -0.2) is 30.3 Å². The Labute approximate surface area is 69.3 Å². The van der Waals surface area contributed by atoms with Gasteiger partial charge in [0.2, 0.25) is 6.28 Å². The van der Waals surface area contributed by atoms with Crippen LogP contribution in [-0.2, 0) is 0 Å². The normalized spacial score (nSPS) is 54.5. The van der Waals surface area contributed by atoms with E-state index in [2.05, 4.69) is 0 Å². The Morgan fingerprint density at radius 1 is 0.727 bits per heavy atom. The molecule has 3 aliphatic heterocycles. The van der Waals surface area contributed by atoms with Crippen molar-refractivity contribution in [2.45, 2.75) is 38.2 Å². The van der Waals surface area contributed by atoms with E-state index in [1.54, 1.807) is 62.3 Å². The van der Waals surface area contributed by atoms with Crippen molar-refractivity contribution >= 4 is 6.28 Å². The SMILES string of the molecule is C1C[B-]23CCC[N+]2(C1)CCC3. The number of nitrogens with zero attached hydrogens (tertiary/aromatic N) is 1. The molecule has 0 spiro atoms. The van der Waals surface area contributed by atoms with Gasteiger partial charge in [-0.2, -0.15) is 0 Å². The third-order valence-electron chi connectivity index (χ3n) is 5.20. The lowest BCUT2D eigenvalue weighted by molar-refractivity contribution is -0.814. The summed E-state index contributed by atoms with van der Waals surface area (Å²) in [6.07, 6.45) is 9.71. The van der Waals surface area contributed by atoms with Crippen LogP contribution in [0.4, 0.5) is 0 Å². The summed E-state index contributed by atoms with van der Waals surface area (Å²) in [6, 6.07) is 0.